The third-order valence-corrected chi connectivity index (χ3v) is 4.05. The smallest absolute Gasteiger partial charge is 0.395 e. The van der Waals surface area contributed by atoms with E-state index in [0.29, 0.717) is 13.1 Å². The molecule has 8 heteroatoms. The molecule has 0 N–H and O–H groups in total. The van der Waals surface area contributed by atoms with Crippen molar-refractivity contribution >= 4 is 11.8 Å². The summed E-state index contributed by atoms with van der Waals surface area (Å²) >= 11 is 0. The number of hydrogen-bond acceptors (Lipinski definition) is 5. The number of furan rings is 1. The number of hydrogen-bond donors (Lipinski definition) is 0. The summed E-state index contributed by atoms with van der Waals surface area (Å²) in [7, 11) is 0. The maximum atomic E-state index is 12.2. The maximum absolute atomic E-state index is 12.2. The van der Waals surface area contributed by atoms with Crippen LogP contribution in [0.1, 0.15) is 41.3 Å². The molecular formula is C15H18N4O4. The Balaban J connectivity index is 1.66. The Bertz CT molecular complexity index is 742. The van der Waals surface area contributed by atoms with Crippen LogP contribution < -0.4 is 0 Å². The van der Waals surface area contributed by atoms with E-state index in [4.69, 9.17) is 4.42 Å². The maximum Gasteiger partial charge on any atom is 0.433 e. The standard InChI is InChI=1S/C15H18N4O4/c1-3-6-18-10(2)7-16-14(18)11-8-17(9-11)15(20)12-4-5-13(23-12)19(21)22/h4-5,7,11H,3,6,8-9H2,1-2H3. The van der Waals surface area contributed by atoms with Crippen molar-refractivity contribution in [1.29, 1.82) is 0 Å². The van der Waals surface area contributed by atoms with Crippen LogP contribution in [0.3, 0.4) is 0 Å². The van der Waals surface area contributed by atoms with E-state index >= 15 is 0 Å². The van der Waals surface area contributed by atoms with Crippen molar-refractivity contribution in [3.63, 3.8) is 0 Å². The molecular weight excluding hydrogens is 300 g/mol. The highest BCUT2D eigenvalue weighted by Crippen LogP contribution is 2.29. The van der Waals surface area contributed by atoms with Crippen LogP contribution >= 0.6 is 0 Å². The molecule has 23 heavy (non-hydrogen) atoms. The zero-order valence-corrected chi connectivity index (χ0v) is 13.1. The van der Waals surface area contributed by atoms with E-state index in [-0.39, 0.29) is 17.6 Å². The van der Waals surface area contributed by atoms with E-state index < -0.39 is 10.8 Å². The molecule has 8 nitrogen and oxygen atoms in total. The molecule has 1 amide bonds. The Morgan fingerprint density at radius 2 is 2.22 bits per heavy atom. The Hall–Kier alpha value is -2.64. The van der Waals surface area contributed by atoms with Crippen LogP contribution in [-0.2, 0) is 6.54 Å². The molecule has 0 unspecified atom stereocenters. The molecule has 0 saturated carbocycles. The van der Waals surface area contributed by atoms with Crippen LogP contribution in [0.25, 0.3) is 0 Å². The molecule has 0 aromatic carbocycles. The van der Waals surface area contributed by atoms with Gasteiger partial charge in [-0.05, 0) is 19.4 Å². The normalized spacial score (nSPS) is 14.8. The van der Waals surface area contributed by atoms with Crippen LogP contribution in [0.5, 0.6) is 0 Å². The third-order valence-electron chi connectivity index (χ3n) is 4.05. The van der Waals surface area contributed by atoms with E-state index in [0.717, 1.165) is 24.5 Å². The molecule has 1 aliphatic rings. The highest BCUT2D eigenvalue weighted by molar-refractivity contribution is 5.92. The summed E-state index contributed by atoms with van der Waals surface area (Å²) in [4.78, 5) is 28.3. The second-order valence-corrected chi connectivity index (χ2v) is 5.71. The second kappa shape index (κ2) is 5.86. The summed E-state index contributed by atoms with van der Waals surface area (Å²) in [5.74, 6) is 0.463. The van der Waals surface area contributed by atoms with Crippen molar-refractivity contribution in [2.45, 2.75) is 32.7 Å². The fraction of sp³-hybridized carbons (Fsp3) is 0.467. The third kappa shape index (κ3) is 2.71. The lowest BCUT2D eigenvalue weighted by Crippen LogP contribution is -2.49. The van der Waals surface area contributed by atoms with Gasteiger partial charge in [0.2, 0.25) is 0 Å². The Morgan fingerprint density at radius 1 is 1.48 bits per heavy atom. The Labute approximate surface area is 132 Å². The van der Waals surface area contributed by atoms with Gasteiger partial charge in [0.05, 0.1) is 12.0 Å². The SMILES string of the molecule is CCCn1c(C)cnc1C1CN(C(=O)c2ccc([N+](=O)[O-])o2)C1. The topological polar surface area (TPSA) is 94.4 Å². The molecule has 3 heterocycles. The number of rotatable bonds is 5. The number of aryl methyl sites for hydroxylation is 1. The van der Waals surface area contributed by atoms with Gasteiger partial charge in [-0.2, -0.15) is 0 Å². The lowest BCUT2D eigenvalue weighted by Gasteiger charge is -2.38. The number of carbonyl (C=O) groups excluding carboxylic acids is 1. The molecule has 2 aromatic rings. The van der Waals surface area contributed by atoms with Gasteiger partial charge in [-0.15, -0.1) is 0 Å². The average Bonchev–Trinajstić information content (AvgIpc) is 3.07. The predicted octanol–water partition coefficient (Wildman–Crippen LogP) is 2.34. The molecule has 122 valence electrons. The summed E-state index contributed by atoms with van der Waals surface area (Å²) < 4.78 is 7.14. The van der Waals surface area contributed by atoms with Gasteiger partial charge in [-0.1, -0.05) is 6.92 Å². The van der Waals surface area contributed by atoms with Crippen LogP contribution in [0, 0.1) is 17.0 Å². The van der Waals surface area contributed by atoms with Gasteiger partial charge in [0, 0.05) is 31.5 Å². The van der Waals surface area contributed by atoms with Gasteiger partial charge in [0.1, 0.15) is 10.7 Å². The Kier molecular flexibility index (Phi) is 3.89. The van der Waals surface area contributed by atoms with E-state index in [1.54, 1.807) is 4.90 Å². The van der Waals surface area contributed by atoms with Crippen LogP contribution in [0.2, 0.25) is 0 Å². The van der Waals surface area contributed by atoms with Gasteiger partial charge in [0.25, 0.3) is 5.91 Å². The molecule has 0 spiro atoms. The zero-order chi connectivity index (χ0) is 16.6. The molecule has 0 bridgehead atoms. The van der Waals surface area contributed by atoms with E-state index in [9.17, 15) is 14.9 Å². The van der Waals surface area contributed by atoms with E-state index in [1.807, 2.05) is 13.1 Å². The van der Waals surface area contributed by atoms with E-state index in [1.165, 1.54) is 12.1 Å². The minimum atomic E-state index is -0.653. The minimum Gasteiger partial charge on any atom is -0.395 e. The fourth-order valence-corrected chi connectivity index (χ4v) is 2.82. The number of nitro groups is 1. The van der Waals surface area contributed by atoms with E-state index in [2.05, 4.69) is 16.5 Å². The van der Waals surface area contributed by atoms with Gasteiger partial charge in [-0.25, -0.2) is 4.98 Å². The number of carbonyl (C=O) groups is 1. The zero-order valence-electron chi connectivity index (χ0n) is 13.1. The first kappa shape index (κ1) is 15.3. The quantitative estimate of drug-likeness (QED) is 0.623. The molecule has 1 fully saturated rings. The number of imidazole rings is 1. The first-order valence-electron chi connectivity index (χ1n) is 7.56. The van der Waals surface area contributed by atoms with Crippen molar-refractivity contribution in [3.05, 3.63) is 45.7 Å². The first-order chi connectivity index (χ1) is 11.0. The molecule has 3 rings (SSSR count). The van der Waals surface area contributed by atoms with Gasteiger partial charge in [0.15, 0.2) is 5.76 Å². The molecule has 1 aliphatic heterocycles. The molecule has 0 atom stereocenters. The number of nitrogens with zero attached hydrogens (tertiary/aromatic N) is 4. The largest absolute Gasteiger partial charge is 0.433 e. The number of likely N-dealkylation sites (tertiary alicyclic amines) is 1. The minimum absolute atomic E-state index is 0.00299. The molecule has 2 aromatic heterocycles. The van der Waals surface area contributed by atoms with Gasteiger partial charge >= 0.3 is 5.88 Å². The van der Waals surface area contributed by atoms with Crippen molar-refractivity contribution in [2.75, 3.05) is 13.1 Å². The fourth-order valence-electron chi connectivity index (χ4n) is 2.82. The molecule has 0 radical (unpaired) electrons. The summed E-state index contributed by atoms with van der Waals surface area (Å²) in [5, 5.41) is 10.6. The van der Waals surface area contributed by atoms with Crippen LogP contribution in [0.4, 0.5) is 5.88 Å². The summed E-state index contributed by atoms with van der Waals surface area (Å²) in [6.07, 6.45) is 2.88. The highest BCUT2D eigenvalue weighted by Gasteiger charge is 2.36. The van der Waals surface area contributed by atoms with Crippen molar-refractivity contribution in [1.82, 2.24) is 14.5 Å². The van der Waals surface area contributed by atoms with Crippen LogP contribution in [-0.4, -0.2) is 38.4 Å². The van der Waals surface area contributed by atoms with Crippen molar-refractivity contribution < 1.29 is 14.1 Å². The molecule has 0 aliphatic carbocycles. The van der Waals surface area contributed by atoms with Crippen LogP contribution in [0.15, 0.2) is 22.7 Å². The number of aromatic nitrogens is 2. The highest BCUT2D eigenvalue weighted by atomic mass is 16.6. The summed E-state index contributed by atoms with van der Waals surface area (Å²) in [5.41, 5.74) is 1.12. The Morgan fingerprint density at radius 3 is 2.83 bits per heavy atom. The number of amides is 1. The summed E-state index contributed by atoms with van der Waals surface area (Å²) in [6.45, 7) is 6.15. The predicted molar refractivity (Wildman–Crippen MR) is 81.3 cm³/mol. The van der Waals surface area contributed by atoms with Crippen molar-refractivity contribution in [2.24, 2.45) is 0 Å². The first-order valence-corrected chi connectivity index (χ1v) is 7.56. The lowest BCUT2D eigenvalue weighted by atomic mass is 9.98. The average molecular weight is 318 g/mol. The second-order valence-electron chi connectivity index (χ2n) is 5.71. The van der Waals surface area contributed by atoms with Crippen molar-refractivity contribution in [3.8, 4) is 0 Å². The van der Waals surface area contributed by atoms with Gasteiger partial charge < -0.3 is 13.9 Å². The summed E-state index contributed by atoms with van der Waals surface area (Å²) in [6, 6.07) is 2.54. The monoisotopic (exact) mass is 318 g/mol. The molecule has 1 saturated heterocycles. The lowest BCUT2D eigenvalue weighted by molar-refractivity contribution is -0.402. The van der Waals surface area contributed by atoms with Gasteiger partial charge in [-0.3, -0.25) is 14.9 Å².